The third-order valence-electron chi connectivity index (χ3n) is 8.50. The van der Waals surface area contributed by atoms with Gasteiger partial charge in [0.25, 0.3) is 0 Å². The molecule has 0 spiro atoms. The lowest BCUT2D eigenvalue weighted by atomic mass is 9.79. The van der Waals surface area contributed by atoms with Crippen LogP contribution in [0.25, 0.3) is 0 Å². The van der Waals surface area contributed by atoms with E-state index in [1.54, 1.807) is 11.8 Å². The highest BCUT2D eigenvalue weighted by Crippen LogP contribution is 2.52. The van der Waals surface area contributed by atoms with E-state index in [2.05, 4.69) is 47.0 Å². The van der Waals surface area contributed by atoms with Crippen molar-refractivity contribution in [1.82, 2.24) is 9.80 Å². The number of rotatable bonds is 12. The molecule has 0 aromatic heterocycles. The van der Waals surface area contributed by atoms with Gasteiger partial charge in [0.05, 0.1) is 30.7 Å². The van der Waals surface area contributed by atoms with Crippen LogP contribution >= 0.6 is 11.8 Å². The van der Waals surface area contributed by atoms with Crippen LogP contribution in [0.1, 0.15) is 41.0 Å². The minimum Gasteiger partial charge on any atom is -0.457 e. The minimum atomic E-state index is -1.92. The Morgan fingerprint density at radius 2 is 1.80 bits per heavy atom. The molecule has 0 aliphatic carbocycles. The zero-order chi connectivity index (χ0) is 30.7. The van der Waals surface area contributed by atoms with Crippen molar-refractivity contribution >= 4 is 38.0 Å². The van der Waals surface area contributed by atoms with E-state index < -0.39 is 32.4 Å². The Hall–Kier alpha value is -2.34. The van der Waals surface area contributed by atoms with E-state index in [4.69, 9.17) is 13.9 Å². The predicted octanol–water partition coefficient (Wildman–Crippen LogP) is 4.86. The normalized spacial score (nSPS) is 27.1. The van der Waals surface area contributed by atoms with Gasteiger partial charge in [0.15, 0.2) is 8.32 Å². The van der Waals surface area contributed by atoms with Crippen LogP contribution in [0.5, 0.6) is 0 Å². The van der Waals surface area contributed by atoms with Crippen LogP contribution in [0.15, 0.2) is 48.1 Å². The molecule has 9 nitrogen and oxygen atoms in total. The molecule has 3 aliphatic heterocycles. The number of carbonyl (C=O) groups excluding carboxylic acids is 3. The summed E-state index contributed by atoms with van der Waals surface area (Å²) in [6, 6.07) is -0.528. The maximum absolute atomic E-state index is 13.1. The summed E-state index contributed by atoms with van der Waals surface area (Å²) in [6.07, 6.45) is 6.35. The highest BCUT2D eigenvalue weighted by molar-refractivity contribution is 8.03. The maximum atomic E-state index is 13.1. The molecular formula is C30H46N2O7SSi. The van der Waals surface area contributed by atoms with Gasteiger partial charge in [-0.1, -0.05) is 65.2 Å². The summed E-state index contributed by atoms with van der Waals surface area (Å²) in [4.78, 5) is 43.0. The standard InChI is InChI=1S/C30H46N2O7SSi/c1-10-14-37-28(35)25-26(19(3)24-23(20(4)33)27(34)32(24)25)40-22-17-21(31(18-22)29(36)38-15-11-2)13-12-16-39-41(8,9)30(5,6)7/h10-13,19-24,33H,1-2,14-18H2,3-9H3/b13-12+/t19-,20-,21-,22+,23-,24-/m1/s1. The number of β-lactam (4-membered cyclic amide) rings is 1. The van der Waals surface area contributed by atoms with E-state index in [1.165, 1.54) is 28.8 Å². The molecule has 0 radical (unpaired) electrons. The van der Waals surface area contributed by atoms with Crippen molar-refractivity contribution in [3.05, 3.63) is 48.1 Å². The van der Waals surface area contributed by atoms with Gasteiger partial charge in [-0.15, -0.1) is 11.8 Å². The van der Waals surface area contributed by atoms with Gasteiger partial charge in [-0.05, 0) is 31.5 Å². The number of hydrogen-bond acceptors (Lipinski definition) is 8. The molecule has 6 atom stereocenters. The van der Waals surface area contributed by atoms with Crippen LogP contribution in [0.2, 0.25) is 18.1 Å². The van der Waals surface area contributed by atoms with Crippen molar-refractivity contribution in [2.24, 2.45) is 11.8 Å². The monoisotopic (exact) mass is 606 g/mol. The van der Waals surface area contributed by atoms with Crippen molar-refractivity contribution < 1.29 is 33.4 Å². The Morgan fingerprint density at radius 3 is 2.39 bits per heavy atom. The molecule has 11 heteroatoms. The van der Waals surface area contributed by atoms with Crippen LogP contribution in [0, 0.1) is 11.8 Å². The number of likely N-dealkylation sites (tertiary alicyclic amines) is 1. The first-order valence-electron chi connectivity index (χ1n) is 14.2. The topological polar surface area (TPSA) is 106 Å². The van der Waals surface area contributed by atoms with Crippen molar-refractivity contribution in [3.8, 4) is 0 Å². The van der Waals surface area contributed by atoms with Crippen LogP contribution in [-0.2, 0) is 23.5 Å². The van der Waals surface area contributed by atoms with Gasteiger partial charge in [-0.25, -0.2) is 9.59 Å². The molecule has 0 aromatic carbocycles. The van der Waals surface area contributed by atoms with E-state index in [1.807, 2.05) is 19.1 Å². The molecule has 2 saturated heterocycles. The minimum absolute atomic E-state index is 0.0252. The first-order valence-corrected chi connectivity index (χ1v) is 18.0. The van der Waals surface area contributed by atoms with Gasteiger partial charge >= 0.3 is 12.1 Å². The van der Waals surface area contributed by atoms with Crippen LogP contribution in [0.3, 0.4) is 0 Å². The van der Waals surface area contributed by atoms with Crippen molar-refractivity contribution in [1.29, 1.82) is 0 Å². The molecule has 41 heavy (non-hydrogen) atoms. The molecule has 3 rings (SSSR count). The largest absolute Gasteiger partial charge is 0.457 e. The number of aliphatic hydroxyl groups is 1. The molecule has 0 unspecified atom stereocenters. The number of fused-ring (bicyclic) bond motifs is 1. The summed E-state index contributed by atoms with van der Waals surface area (Å²) in [5.74, 6) is -1.60. The third kappa shape index (κ3) is 7.01. The molecule has 1 N–H and O–H groups in total. The van der Waals surface area contributed by atoms with Crippen LogP contribution < -0.4 is 0 Å². The molecule has 0 aromatic rings. The Balaban J connectivity index is 1.82. The van der Waals surface area contributed by atoms with E-state index in [9.17, 15) is 19.5 Å². The SMILES string of the molecule is C=CCOC(=O)C1=C(S[C@H]2C[C@@H](/C=C/CO[Si](C)(C)C(C)(C)C)N(C(=O)OCC=C)C2)[C@H](C)[C@@H]2[C@@H]([C@@H](C)O)C(=O)N12. The van der Waals surface area contributed by atoms with Gasteiger partial charge in [0, 0.05) is 22.6 Å². The first-order chi connectivity index (χ1) is 19.2. The lowest BCUT2D eigenvalue weighted by Gasteiger charge is -2.46. The number of aliphatic hydroxyl groups excluding tert-OH is 1. The summed E-state index contributed by atoms with van der Waals surface area (Å²) < 4.78 is 17.0. The van der Waals surface area contributed by atoms with Gasteiger partial charge in [-0.2, -0.15) is 0 Å². The van der Waals surface area contributed by atoms with Gasteiger partial charge < -0.3 is 28.8 Å². The molecule has 2 fully saturated rings. The van der Waals surface area contributed by atoms with E-state index >= 15 is 0 Å². The average Bonchev–Trinajstić information content (AvgIpc) is 3.39. The number of amides is 2. The van der Waals surface area contributed by atoms with E-state index in [0.717, 1.165) is 4.91 Å². The highest BCUT2D eigenvalue weighted by Gasteiger charge is 2.60. The summed E-state index contributed by atoms with van der Waals surface area (Å²) in [7, 11) is -1.92. The average molecular weight is 607 g/mol. The lowest BCUT2D eigenvalue weighted by molar-refractivity contribution is -0.164. The predicted molar refractivity (Wildman–Crippen MR) is 163 cm³/mol. The Bertz CT molecular complexity index is 1100. The molecule has 3 heterocycles. The smallest absolute Gasteiger partial charge is 0.410 e. The molecular weight excluding hydrogens is 560 g/mol. The summed E-state index contributed by atoms with van der Waals surface area (Å²) >= 11 is 1.50. The fourth-order valence-electron chi connectivity index (χ4n) is 5.25. The van der Waals surface area contributed by atoms with Gasteiger partial charge in [-0.3, -0.25) is 4.79 Å². The van der Waals surface area contributed by atoms with Crippen LogP contribution in [-0.4, -0.2) is 91.0 Å². The summed E-state index contributed by atoms with van der Waals surface area (Å²) in [5.41, 5.74) is 0.235. The number of ether oxygens (including phenoxy) is 2. The highest BCUT2D eigenvalue weighted by atomic mass is 32.2. The van der Waals surface area contributed by atoms with Gasteiger partial charge in [0.1, 0.15) is 18.9 Å². The Morgan fingerprint density at radius 1 is 1.17 bits per heavy atom. The zero-order valence-electron chi connectivity index (χ0n) is 25.4. The molecule has 228 valence electrons. The zero-order valence-corrected chi connectivity index (χ0v) is 27.2. The number of esters is 1. The second kappa shape index (κ2) is 13.3. The molecule has 3 aliphatic rings. The second-order valence-electron chi connectivity index (χ2n) is 12.4. The Labute approximate surface area is 249 Å². The number of carbonyl (C=O) groups is 3. The summed E-state index contributed by atoms with van der Waals surface area (Å²) in [6.45, 7) is 22.8. The second-order valence-corrected chi connectivity index (χ2v) is 18.6. The third-order valence-corrected chi connectivity index (χ3v) is 14.5. The maximum Gasteiger partial charge on any atom is 0.410 e. The van der Waals surface area contributed by atoms with Gasteiger partial charge in [0.2, 0.25) is 5.91 Å². The van der Waals surface area contributed by atoms with E-state index in [-0.39, 0.29) is 53.1 Å². The fourth-order valence-corrected chi connectivity index (χ4v) is 7.74. The Kier molecular flexibility index (Phi) is 10.8. The quantitative estimate of drug-likeness (QED) is 0.145. The fraction of sp³-hybridized carbons (Fsp3) is 0.633. The first kappa shape index (κ1) is 33.2. The van der Waals surface area contributed by atoms with Crippen molar-refractivity contribution in [2.75, 3.05) is 26.4 Å². The number of thioether (sulfide) groups is 1. The molecule has 0 bridgehead atoms. The summed E-state index contributed by atoms with van der Waals surface area (Å²) in [5, 5.41) is 10.3. The molecule has 0 saturated carbocycles. The lowest BCUT2D eigenvalue weighted by Crippen LogP contribution is -2.63. The van der Waals surface area contributed by atoms with Crippen molar-refractivity contribution in [3.63, 3.8) is 0 Å². The van der Waals surface area contributed by atoms with E-state index in [0.29, 0.717) is 19.6 Å². The number of hydrogen-bond donors (Lipinski definition) is 1. The van der Waals surface area contributed by atoms with Crippen LogP contribution in [0.4, 0.5) is 4.79 Å². The molecule has 2 amide bonds. The number of nitrogens with zero attached hydrogens (tertiary/aromatic N) is 2. The van der Waals surface area contributed by atoms with Crippen molar-refractivity contribution in [2.45, 2.75) is 82.6 Å².